The number of rotatable bonds is 5. The van der Waals surface area contributed by atoms with E-state index in [1.165, 1.54) is 6.07 Å². The van der Waals surface area contributed by atoms with Gasteiger partial charge >= 0.3 is 0 Å². The Morgan fingerprint density at radius 1 is 1.26 bits per heavy atom. The van der Waals surface area contributed by atoms with Crippen molar-refractivity contribution >= 4 is 0 Å². The lowest BCUT2D eigenvalue weighted by molar-refractivity contribution is 0.517. The molecule has 19 heavy (non-hydrogen) atoms. The first-order valence-electron chi connectivity index (χ1n) is 6.67. The van der Waals surface area contributed by atoms with Crippen LogP contribution in [0.15, 0.2) is 34.9 Å². The average Bonchev–Trinajstić information content (AvgIpc) is 2.80. The molecule has 0 bridgehead atoms. The molecule has 0 saturated carbocycles. The van der Waals surface area contributed by atoms with Gasteiger partial charge in [0.25, 0.3) is 0 Å². The Labute approximate surface area is 113 Å². The molecule has 2 rings (SSSR count). The van der Waals surface area contributed by atoms with Gasteiger partial charge in [-0.1, -0.05) is 19.1 Å². The first-order valence-corrected chi connectivity index (χ1v) is 6.67. The van der Waals surface area contributed by atoms with Crippen LogP contribution in [0, 0.1) is 19.7 Å². The summed E-state index contributed by atoms with van der Waals surface area (Å²) in [6, 6.07) is 7.29. The molecule has 0 aliphatic rings. The smallest absolute Gasteiger partial charge is 0.126 e. The van der Waals surface area contributed by atoms with E-state index in [2.05, 4.69) is 12.2 Å². The molecule has 1 aromatic heterocycles. The number of aryl methyl sites for hydroxylation is 2. The number of hydrogen-bond donors (Lipinski definition) is 1. The summed E-state index contributed by atoms with van der Waals surface area (Å²) in [6.45, 7) is 6.78. The minimum atomic E-state index is -0.165. The Balaban J connectivity index is 2.37. The lowest BCUT2D eigenvalue weighted by Crippen LogP contribution is -2.23. The zero-order valence-corrected chi connectivity index (χ0v) is 11.7. The van der Waals surface area contributed by atoms with Crippen LogP contribution in [0.25, 0.3) is 0 Å². The largest absolute Gasteiger partial charge is 0.469 e. The van der Waals surface area contributed by atoms with Crippen molar-refractivity contribution in [1.82, 2.24) is 5.32 Å². The molecule has 102 valence electrons. The summed E-state index contributed by atoms with van der Waals surface area (Å²) in [5, 5.41) is 3.49. The van der Waals surface area contributed by atoms with E-state index in [1.807, 2.05) is 25.1 Å². The van der Waals surface area contributed by atoms with Gasteiger partial charge in [0.15, 0.2) is 0 Å². The van der Waals surface area contributed by atoms with Gasteiger partial charge in [0.1, 0.15) is 11.6 Å². The summed E-state index contributed by atoms with van der Waals surface area (Å²) in [6.07, 6.45) is 2.75. The van der Waals surface area contributed by atoms with Crippen molar-refractivity contribution in [1.29, 1.82) is 0 Å². The van der Waals surface area contributed by atoms with Crippen LogP contribution in [0.5, 0.6) is 0 Å². The predicted octanol–water partition coefficient (Wildman–Crippen LogP) is 4.12. The number of nitrogens with one attached hydrogen (secondary N) is 1. The monoisotopic (exact) mass is 261 g/mol. The zero-order valence-electron chi connectivity index (χ0n) is 11.7. The van der Waals surface area contributed by atoms with Gasteiger partial charge in [0, 0.05) is 5.56 Å². The van der Waals surface area contributed by atoms with Crippen molar-refractivity contribution in [3.63, 3.8) is 0 Å². The summed E-state index contributed by atoms with van der Waals surface area (Å²) in [5.74, 6) is 0.734. The van der Waals surface area contributed by atoms with Crippen LogP contribution < -0.4 is 5.32 Å². The maximum Gasteiger partial charge on any atom is 0.126 e. The molecule has 1 aromatic carbocycles. The second kappa shape index (κ2) is 6.02. The van der Waals surface area contributed by atoms with Gasteiger partial charge in [-0.3, -0.25) is 0 Å². The minimum absolute atomic E-state index is 0.0537. The predicted molar refractivity (Wildman–Crippen MR) is 74.7 cm³/mol. The Hall–Kier alpha value is -1.61. The summed E-state index contributed by atoms with van der Waals surface area (Å²) in [5.41, 5.74) is 2.85. The van der Waals surface area contributed by atoms with Gasteiger partial charge in [-0.2, -0.15) is 0 Å². The van der Waals surface area contributed by atoms with Gasteiger partial charge in [-0.15, -0.1) is 0 Å². The zero-order chi connectivity index (χ0) is 13.8. The Bertz CT molecular complexity index is 547. The van der Waals surface area contributed by atoms with E-state index >= 15 is 0 Å². The molecule has 1 atom stereocenters. The first kappa shape index (κ1) is 13.8. The average molecular weight is 261 g/mol. The lowest BCUT2D eigenvalue weighted by Gasteiger charge is -2.19. The molecule has 1 heterocycles. The Morgan fingerprint density at radius 2 is 2.05 bits per heavy atom. The van der Waals surface area contributed by atoms with Crippen molar-refractivity contribution < 1.29 is 8.81 Å². The molecule has 0 radical (unpaired) electrons. The third-order valence-electron chi connectivity index (χ3n) is 3.32. The van der Waals surface area contributed by atoms with E-state index in [9.17, 15) is 4.39 Å². The highest BCUT2D eigenvalue weighted by Gasteiger charge is 2.18. The van der Waals surface area contributed by atoms with Crippen molar-refractivity contribution in [3.05, 3.63) is 58.8 Å². The number of benzene rings is 1. The van der Waals surface area contributed by atoms with Crippen LogP contribution in [0.4, 0.5) is 4.39 Å². The van der Waals surface area contributed by atoms with Crippen molar-refractivity contribution in [2.75, 3.05) is 6.54 Å². The molecule has 2 nitrogen and oxygen atoms in total. The highest BCUT2D eigenvalue weighted by atomic mass is 19.1. The summed E-state index contributed by atoms with van der Waals surface area (Å²) in [7, 11) is 0. The van der Waals surface area contributed by atoms with E-state index in [0.717, 1.165) is 29.9 Å². The van der Waals surface area contributed by atoms with E-state index in [4.69, 9.17) is 4.42 Å². The molecule has 0 aliphatic heterocycles. The fraction of sp³-hybridized carbons (Fsp3) is 0.375. The van der Waals surface area contributed by atoms with E-state index in [-0.39, 0.29) is 11.9 Å². The highest BCUT2D eigenvalue weighted by molar-refractivity contribution is 5.35. The van der Waals surface area contributed by atoms with Crippen LogP contribution >= 0.6 is 0 Å². The molecule has 1 N–H and O–H groups in total. The standard InChI is InChI=1S/C16H20FNO/c1-4-8-18-16(14-7-9-19-12(14)3)13-5-6-15(17)11(2)10-13/h5-7,9-10,16,18H,4,8H2,1-3H3. The van der Waals surface area contributed by atoms with Gasteiger partial charge in [0.05, 0.1) is 12.3 Å². The highest BCUT2D eigenvalue weighted by Crippen LogP contribution is 2.27. The van der Waals surface area contributed by atoms with Crippen molar-refractivity contribution in [2.45, 2.75) is 33.2 Å². The van der Waals surface area contributed by atoms with E-state index in [0.29, 0.717) is 5.56 Å². The molecule has 0 aliphatic carbocycles. The van der Waals surface area contributed by atoms with Gasteiger partial charge in [-0.05, 0) is 50.1 Å². The fourth-order valence-electron chi connectivity index (χ4n) is 2.24. The maximum absolute atomic E-state index is 13.4. The number of halogens is 1. The van der Waals surface area contributed by atoms with Gasteiger partial charge < -0.3 is 9.73 Å². The first-order chi connectivity index (χ1) is 9.13. The third-order valence-corrected chi connectivity index (χ3v) is 3.32. The Morgan fingerprint density at radius 3 is 2.63 bits per heavy atom. The van der Waals surface area contributed by atoms with Gasteiger partial charge in [0.2, 0.25) is 0 Å². The second-order valence-corrected chi connectivity index (χ2v) is 4.83. The molecule has 3 heteroatoms. The minimum Gasteiger partial charge on any atom is -0.469 e. The molecular weight excluding hydrogens is 241 g/mol. The molecule has 0 saturated heterocycles. The van der Waals surface area contributed by atoms with E-state index in [1.54, 1.807) is 13.2 Å². The summed E-state index contributed by atoms with van der Waals surface area (Å²) < 4.78 is 18.8. The summed E-state index contributed by atoms with van der Waals surface area (Å²) in [4.78, 5) is 0. The molecule has 0 spiro atoms. The van der Waals surface area contributed by atoms with Crippen LogP contribution in [0.3, 0.4) is 0 Å². The molecular formula is C16H20FNO. The van der Waals surface area contributed by atoms with Crippen molar-refractivity contribution in [3.8, 4) is 0 Å². The molecule has 1 unspecified atom stereocenters. The Kier molecular flexibility index (Phi) is 4.38. The SMILES string of the molecule is CCCNC(c1ccc(F)c(C)c1)c1ccoc1C. The van der Waals surface area contributed by atoms with Crippen LogP contribution in [-0.2, 0) is 0 Å². The third kappa shape index (κ3) is 3.04. The normalized spacial score (nSPS) is 12.6. The summed E-state index contributed by atoms with van der Waals surface area (Å²) >= 11 is 0. The van der Waals surface area contributed by atoms with Crippen LogP contribution in [0.2, 0.25) is 0 Å². The number of furan rings is 1. The second-order valence-electron chi connectivity index (χ2n) is 4.83. The van der Waals surface area contributed by atoms with Crippen LogP contribution in [-0.4, -0.2) is 6.54 Å². The lowest BCUT2D eigenvalue weighted by atomic mass is 9.97. The molecule has 0 fully saturated rings. The fourth-order valence-corrected chi connectivity index (χ4v) is 2.24. The van der Waals surface area contributed by atoms with E-state index < -0.39 is 0 Å². The van der Waals surface area contributed by atoms with Crippen molar-refractivity contribution in [2.24, 2.45) is 0 Å². The molecule has 2 aromatic rings. The maximum atomic E-state index is 13.4. The van der Waals surface area contributed by atoms with Crippen LogP contribution in [0.1, 0.15) is 41.8 Å². The molecule has 0 amide bonds. The topological polar surface area (TPSA) is 25.2 Å². The van der Waals surface area contributed by atoms with Gasteiger partial charge in [-0.25, -0.2) is 4.39 Å². The quantitative estimate of drug-likeness (QED) is 0.875. The number of hydrogen-bond acceptors (Lipinski definition) is 2.